The van der Waals surface area contributed by atoms with Crippen LogP contribution in [-0.4, -0.2) is 28.0 Å². The summed E-state index contributed by atoms with van der Waals surface area (Å²) in [7, 11) is 0. The molecule has 172 valence electrons. The van der Waals surface area contributed by atoms with Crippen molar-refractivity contribution >= 4 is 28.4 Å². The van der Waals surface area contributed by atoms with Crippen molar-refractivity contribution in [3.8, 4) is 23.7 Å². The fraction of sp³-hybridized carbons (Fsp3) is 0.0714. The average Bonchev–Trinajstić information content (AvgIpc) is 3.30. The summed E-state index contributed by atoms with van der Waals surface area (Å²) in [5.41, 5.74) is 11.6. The Kier molecular flexibility index (Phi) is 7.13. The van der Waals surface area contributed by atoms with E-state index >= 15 is 0 Å². The number of nitrogens with two attached hydrogens (primary N) is 1. The van der Waals surface area contributed by atoms with Crippen LogP contribution in [0.4, 0.5) is 5.69 Å². The SMILES string of the molecule is Nc1ccc(C#CC#Cc2ccc(C(=O)N[C@@H](Cc3c[nH]c4ccccc34)C(=O)NO)cc2)cc1. The zero-order chi connectivity index (χ0) is 24.6. The summed E-state index contributed by atoms with van der Waals surface area (Å²) in [4.78, 5) is 28.1. The van der Waals surface area contributed by atoms with Gasteiger partial charge in [-0.2, -0.15) is 0 Å². The van der Waals surface area contributed by atoms with Gasteiger partial charge in [-0.05, 0) is 72.0 Å². The zero-order valence-electron chi connectivity index (χ0n) is 18.6. The number of hydroxylamine groups is 1. The van der Waals surface area contributed by atoms with Gasteiger partial charge in [0.25, 0.3) is 11.8 Å². The van der Waals surface area contributed by atoms with Crippen LogP contribution in [0.3, 0.4) is 0 Å². The molecule has 6 N–H and O–H groups in total. The number of amides is 2. The number of para-hydroxylation sites is 1. The number of anilines is 1. The largest absolute Gasteiger partial charge is 0.399 e. The van der Waals surface area contributed by atoms with E-state index in [2.05, 4.69) is 34.0 Å². The van der Waals surface area contributed by atoms with E-state index in [1.165, 1.54) is 0 Å². The van der Waals surface area contributed by atoms with Gasteiger partial charge in [0.2, 0.25) is 0 Å². The first-order chi connectivity index (χ1) is 17.0. The van der Waals surface area contributed by atoms with Crippen LogP contribution in [0, 0.1) is 23.7 Å². The number of nitrogen functional groups attached to an aromatic ring is 1. The van der Waals surface area contributed by atoms with Crippen molar-refractivity contribution in [2.45, 2.75) is 12.5 Å². The number of nitrogens with one attached hydrogen (secondary N) is 3. The van der Waals surface area contributed by atoms with Crippen molar-refractivity contribution in [2.24, 2.45) is 0 Å². The third-order valence-electron chi connectivity index (χ3n) is 5.36. The fourth-order valence-electron chi connectivity index (χ4n) is 3.53. The Labute approximate surface area is 202 Å². The van der Waals surface area contributed by atoms with Crippen molar-refractivity contribution in [3.05, 3.63) is 101 Å². The van der Waals surface area contributed by atoms with Crippen LogP contribution in [0.15, 0.2) is 79.0 Å². The minimum absolute atomic E-state index is 0.207. The quantitative estimate of drug-likeness (QED) is 0.136. The van der Waals surface area contributed by atoms with Crippen molar-refractivity contribution in [1.82, 2.24) is 15.8 Å². The van der Waals surface area contributed by atoms with Crippen LogP contribution in [-0.2, 0) is 11.2 Å². The summed E-state index contributed by atoms with van der Waals surface area (Å²) < 4.78 is 0. The molecule has 0 aliphatic heterocycles. The second-order valence-electron chi connectivity index (χ2n) is 7.77. The molecule has 4 rings (SSSR count). The van der Waals surface area contributed by atoms with E-state index in [1.807, 2.05) is 36.4 Å². The van der Waals surface area contributed by atoms with Gasteiger partial charge < -0.3 is 16.0 Å². The topological polar surface area (TPSA) is 120 Å². The maximum atomic E-state index is 12.8. The normalized spacial score (nSPS) is 10.9. The lowest BCUT2D eigenvalue weighted by Gasteiger charge is -2.16. The minimum atomic E-state index is -0.963. The Morgan fingerprint density at radius 1 is 0.914 bits per heavy atom. The van der Waals surface area contributed by atoms with Crippen LogP contribution in [0.25, 0.3) is 10.9 Å². The molecule has 0 radical (unpaired) electrons. The molecular weight excluding hydrogens is 440 g/mol. The Bertz CT molecular complexity index is 1480. The van der Waals surface area contributed by atoms with E-state index in [0.717, 1.165) is 22.0 Å². The van der Waals surface area contributed by atoms with E-state index in [0.29, 0.717) is 16.8 Å². The second-order valence-corrected chi connectivity index (χ2v) is 7.77. The smallest absolute Gasteiger partial charge is 0.266 e. The van der Waals surface area contributed by atoms with Gasteiger partial charge >= 0.3 is 0 Å². The summed E-state index contributed by atoms with van der Waals surface area (Å²) in [6.45, 7) is 0. The summed E-state index contributed by atoms with van der Waals surface area (Å²) in [5.74, 6) is 10.3. The molecule has 0 aliphatic rings. The van der Waals surface area contributed by atoms with E-state index < -0.39 is 17.9 Å². The summed E-state index contributed by atoms with van der Waals surface area (Å²) in [6, 6.07) is 20.5. The first kappa shape index (κ1) is 23.2. The van der Waals surface area contributed by atoms with Gasteiger partial charge in [-0.3, -0.25) is 14.8 Å². The van der Waals surface area contributed by atoms with Crippen LogP contribution in [0.2, 0.25) is 0 Å². The average molecular weight is 463 g/mol. The highest BCUT2D eigenvalue weighted by Crippen LogP contribution is 2.19. The number of carbonyl (C=O) groups excluding carboxylic acids is 2. The van der Waals surface area contributed by atoms with E-state index in [-0.39, 0.29) is 6.42 Å². The lowest BCUT2D eigenvalue weighted by atomic mass is 10.0. The summed E-state index contributed by atoms with van der Waals surface area (Å²) >= 11 is 0. The lowest BCUT2D eigenvalue weighted by Crippen LogP contribution is -2.47. The third kappa shape index (κ3) is 5.88. The number of benzene rings is 3. The molecule has 0 saturated carbocycles. The number of carbonyl (C=O) groups is 2. The molecule has 0 aliphatic carbocycles. The molecule has 0 spiro atoms. The van der Waals surface area contributed by atoms with Crippen molar-refractivity contribution in [1.29, 1.82) is 0 Å². The highest BCUT2D eigenvalue weighted by Gasteiger charge is 2.23. The molecule has 0 saturated heterocycles. The molecule has 3 aromatic carbocycles. The molecule has 0 bridgehead atoms. The number of hydrogen-bond donors (Lipinski definition) is 5. The maximum absolute atomic E-state index is 12.8. The molecule has 7 heteroatoms. The van der Waals surface area contributed by atoms with Crippen LogP contribution in [0.1, 0.15) is 27.0 Å². The van der Waals surface area contributed by atoms with Gasteiger partial charge in [0, 0.05) is 45.9 Å². The first-order valence-corrected chi connectivity index (χ1v) is 10.8. The lowest BCUT2D eigenvalue weighted by molar-refractivity contribution is -0.131. The predicted octanol–water partition coefficient (Wildman–Crippen LogP) is 3.00. The highest BCUT2D eigenvalue weighted by molar-refractivity contribution is 5.97. The van der Waals surface area contributed by atoms with Crippen molar-refractivity contribution in [2.75, 3.05) is 5.73 Å². The van der Waals surface area contributed by atoms with Gasteiger partial charge in [-0.25, -0.2) is 5.48 Å². The zero-order valence-corrected chi connectivity index (χ0v) is 18.6. The molecular formula is C28H22N4O3. The Morgan fingerprint density at radius 3 is 2.20 bits per heavy atom. The van der Waals surface area contributed by atoms with Crippen LogP contribution < -0.4 is 16.5 Å². The van der Waals surface area contributed by atoms with Gasteiger partial charge in [-0.15, -0.1) is 0 Å². The van der Waals surface area contributed by atoms with E-state index in [9.17, 15) is 9.59 Å². The molecule has 0 fully saturated rings. The van der Waals surface area contributed by atoms with E-state index in [1.54, 1.807) is 48.1 Å². The molecule has 35 heavy (non-hydrogen) atoms. The molecule has 1 aromatic heterocycles. The number of hydrogen-bond acceptors (Lipinski definition) is 4. The molecule has 2 amide bonds. The predicted molar refractivity (Wildman–Crippen MR) is 134 cm³/mol. The highest BCUT2D eigenvalue weighted by atomic mass is 16.5. The third-order valence-corrected chi connectivity index (χ3v) is 5.36. The monoisotopic (exact) mass is 462 g/mol. The molecule has 7 nitrogen and oxygen atoms in total. The van der Waals surface area contributed by atoms with Crippen molar-refractivity contribution in [3.63, 3.8) is 0 Å². The van der Waals surface area contributed by atoms with Crippen LogP contribution >= 0.6 is 0 Å². The first-order valence-electron chi connectivity index (χ1n) is 10.8. The Morgan fingerprint density at radius 2 is 1.54 bits per heavy atom. The van der Waals surface area contributed by atoms with Gasteiger partial charge in [0.15, 0.2) is 0 Å². The second kappa shape index (κ2) is 10.8. The summed E-state index contributed by atoms with van der Waals surface area (Å²) in [5, 5.41) is 12.8. The number of rotatable bonds is 5. The van der Waals surface area contributed by atoms with Crippen LogP contribution in [0.5, 0.6) is 0 Å². The van der Waals surface area contributed by atoms with Gasteiger partial charge in [-0.1, -0.05) is 30.0 Å². The van der Waals surface area contributed by atoms with Crippen molar-refractivity contribution < 1.29 is 14.8 Å². The van der Waals surface area contributed by atoms with Gasteiger partial charge in [0.1, 0.15) is 6.04 Å². The molecule has 4 aromatic rings. The Hall–Kier alpha value is -4.98. The Balaban J connectivity index is 1.42. The van der Waals surface area contributed by atoms with Gasteiger partial charge in [0.05, 0.1) is 0 Å². The standard InChI is InChI=1S/C28H22N4O3/c29-23-15-11-20(12-16-23)6-2-1-5-19-9-13-21(14-10-19)27(33)31-26(28(34)32-35)17-22-18-30-25-8-4-3-7-24(22)25/h3-4,7-16,18,26,30,35H,17,29H2,(H,31,33)(H,32,34)/t26-/m0/s1. The van der Waals surface area contributed by atoms with E-state index in [4.69, 9.17) is 10.9 Å². The fourth-order valence-corrected chi connectivity index (χ4v) is 3.53. The maximum Gasteiger partial charge on any atom is 0.266 e. The molecule has 1 atom stereocenters. The molecule has 0 unspecified atom stereocenters. The minimum Gasteiger partial charge on any atom is -0.399 e. The number of aromatic nitrogens is 1. The number of H-pyrrole nitrogens is 1. The summed E-state index contributed by atoms with van der Waals surface area (Å²) in [6.07, 6.45) is 2.00. The molecule has 1 heterocycles. The number of aromatic amines is 1. The number of fused-ring (bicyclic) bond motifs is 1.